The summed E-state index contributed by atoms with van der Waals surface area (Å²) in [6.07, 6.45) is 0.699. The molecule has 1 aliphatic heterocycles. The highest BCUT2D eigenvalue weighted by atomic mass is 32.2. The van der Waals surface area contributed by atoms with E-state index < -0.39 is 0 Å². The summed E-state index contributed by atoms with van der Waals surface area (Å²) in [6.45, 7) is 6.70. The van der Waals surface area contributed by atoms with Gasteiger partial charge in [-0.15, -0.1) is 0 Å². The van der Waals surface area contributed by atoms with Crippen molar-refractivity contribution < 1.29 is 5.11 Å². The molecule has 18 heavy (non-hydrogen) atoms. The smallest absolute Gasteiger partial charge is 0.0916 e. The van der Waals surface area contributed by atoms with Crippen molar-refractivity contribution in [2.45, 2.75) is 49.0 Å². The summed E-state index contributed by atoms with van der Waals surface area (Å²) in [6, 6.07) is 8.39. The van der Waals surface area contributed by atoms with Crippen molar-refractivity contribution in [1.29, 1.82) is 0 Å². The molecule has 0 saturated carbocycles. The van der Waals surface area contributed by atoms with Gasteiger partial charge in [0.1, 0.15) is 0 Å². The zero-order valence-electron chi connectivity index (χ0n) is 11.3. The van der Waals surface area contributed by atoms with Crippen LogP contribution < -0.4 is 0 Å². The van der Waals surface area contributed by atoms with Gasteiger partial charge in [0, 0.05) is 21.5 Å². The molecule has 1 aromatic carbocycles. The molecule has 0 radical (unpaired) electrons. The summed E-state index contributed by atoms with van der Waals surface area (Å²) in [4.78, 5) is 0. The van der Waals surface area contributed by atoms with E-state index in [9.17, 15) is 5.11 Å². The lowest BCUT2D eigenvalue weighted by Crippen LogP contribution is -2.30. The van der Waals surface area contributed by atoms with E-state index in [-0.39, 0.29) is 6.10 Å². The molecule has 2 rings (SSSR count). The van der Waals surface area contributed by atoms with Crippen molar-refractivity contribution in [3.8, 4) is 0 Å². The quantitative estimate of drug-likeness (QED) is 0.908. The molecule has 1 saturated heterocycles. The number of aliphatic hydroxyl groups is 1. The molecule has 0 bridgehead atoms. The van der Waals surface area contributed by atoms with Crippen LogP contribution in [-0.4, -0.2) is 26.6 Å². The van der Waals surface area contributed by atoms with Gasteiger partial charge >= 0.3 is 0 Å². The third-order valence-corrected chi connectivity index (χ3v) is 7.11. The van der Waals surface area contributed by atoms with E-state index in [4.69, 9.17) is 0 Å². The average Bonchev–Trinajstić information content (AvgIpc) is 2.41. The van der Waals surface area contributed by atoms with E-state index in [0.29, 0.717) is 15.7 Å². The third-order valence-electron chi connectivity index (χ3n) is 3.63. The molecule has 100 valence electrons. The molecule has 0 amide bonds. The van der Waals surface area contributed by atoms with Crippen LogP contribution in [0.3, 0.4) is 0 Å². The molecule has 0 aromatic heterocycles. The molecule has 1 nitrogen and oxygen atoms in total. The lowest BCUT2D eigenvalue weighted by atomic mass is 10.0. The second kappa shape index (κ2) is 6.36. The summed E-state index contributed by atoms with van der Waals surface area (Å²) in [5.41, 5.74) is 2.38. The largest absolute Gasteiger partial charge is 0.387 e. The fourth-order valence-electron chi connectivity index (χ4n) is 2.18. The molecule has 1 aromatic rings. The molecule has 1 N–H and O–H groups in total. The predicted octanol–water partition coefficient (Wildman–Crippen LogP) is 3.91. The minimum atomic E-state index is -0.330. The first kappa shape index (κ1) is 14.3. The van der Waals surface area contributed by atoms with Gasteiger partial charge in [0.25, 0.3) is 0 Å². The number of aryl methyl sites for hydroxylation is 1. The van der Waals surface area contributed by atoms with Crippen molar-refractivity contribution in [2.75, 3.05) is 5.75 Å². The van der Waals surface area contributed by atoms with Gasteiger partial charge in [-0.2, -0.15) is 23.5 Å². The maximum absolute atomic E-state index is 10.5. The van der Waals surface area contributed by atoms with Crippen molar-refractivity contribution in [3.05, 3.63) is 35.4 Å². The summed E-state index contributed by atoms with van der Waals surface area (Å²) < 4.78 is 0. The Labute approximate surface area is 119 Å². The topological polar surface area (TPSA) is 20.2 Å². The van der Waals surface area contributed by atoms with Crippen LogP contribution in [0.2, 0.25) is 0 Å². The third kappa shape index (κ3) is 3.25. The summed E-state index contributed by atoms with van der Waals surface area (Å²) in [5.74, 6) is 1.05. The van der Waals surface area contributed by atoms with Crippen LogP contribution in [0.4, 0.5) is 0 Å². The van der Waals surface area contributed by atoms with Crippen molar-refractivity contribution >= 4 is 23.5 Å². The SMILES string of the molecule is CCc1cccc(C(O)C2CSC(C)C(C)S2)c1. The van der Waals surface area contributed by atoms with Crippen LogP contribution in [0.5, 0.6) is 0 Å². The van der Waals surface area contributed by atoms with Gasteiger partial charge in [0.05, 0.1) is 6.10 Å². The van der Waals surface area contributed by atoms with Crippen LogP contribution in [0.1, 0.15) is 38.0 Å². The molecule has 3 heteroatoms. The van der Waals surface area contributed by atoms with E-state index in [2.05, 4.69) is 45.0 Å². The lowest BCUT2D eigenvalue weighted by molar-refractivity contribution is 0.180. The zero-order valence-corrected chi connectivity index (χ0v) is 12.9. The lowest BCUT2D eigenvalue weighted by Gasteiger charge is -2.34. The normalized spacial score (nSPS) is 30.1. The maximum Gasteiger partial charge on any atom is 0.0916 e. The molecule has 0 spiro atoms. The number of rotatable bonds is 3. The second-order valence-corrected chi connectivity index (χ2v) is 7.99. The first-order valence-electron chi connectivity index (χ1n) is 6.65. The van der Waals surface area contributed by atoms with E-state index in [1.54, 1.807) is 0 Å². The predicted molar refractivity (Wildman–Crippen MR) is 83.5 cm³/mol. The summed E-state index contributed by atoms with van der Waals surface area (Å²) in [5, 5.41) is 12.2. The van der Waals surface area contributed by atoms with Gasteiger partial charge in [-0.1, -0.05) is 45.0 Å². The van der Waals surface area contributed by atoms with E-state index in [1.807, 2.05) is 23.5 Å². The minimum Gasteiger partial charge on any atom is -0.387 e. The average molecular weight is 282 g/mol. The van der Waals surface area contributed by atoms with Crippen LogP contribution >= 0.6 is 23.5 Å². The fourth-order valence-corrected chi connectivity index (χ4v) is 5.19. The number of hydrogen-bond acceptors (Lipinski definition) is 3. The van der Waals surface area contributed by atoms with Crippen LogP contribution in [0, 0.1) is 0 Å². The Kier molecular flexibility index (Phi) is 5.05. The standard InChI is InChI=1S/C15H22OS2/c1-4-12-6-5-7-13(8-12)15(16)14-9-17-10(2)11(3)18-14/h5-8,10-11,14-16H,4,9H2,1-3H3. The van der Waals surface area contributed by atoms with Gasteiger partial charge < -0.3 is 5.11 Å². The summed E-state index contributed by atoms with van der Waals surface area (Å²) in [7, 11) is 0. The van der Waals surface area contributed by atoms with Crippen molar-refractivity contribution in [2.24, 2.45) is 0 Å². The molecule has 0 aliphatic carbocycles. The van der Waals surface area contributed by atoms with Crippen LogP contribution in [0.25, 0.3) is 0 Å². The first-order valence-corrected chi connectivity index (χ1v) is 8.65. The number of benzene rings is 1. The number of aliphatic hydroxyl groups excluding tert-OH is 1. The highest BCUT2D eigenvalue weighted by Crippen LogP contribution is 2.41. The van der Waals surface area contributed by atoms with Crippen molar-refractivity contribution in [3.63, 3.8) is 0 Å². The monoisotopic (exact) mass is 282 g/mol. The summed E-state index contributed by atoms with van der Waals surface area (Å²) >= 11 is 3.93. The first-order chi connectivity index (χ1) is 8.61. The van der Waals surface area contributed by atoms with Gasteiger partial charge in [-0.25, -0.2) is 0 Å². The Balaban J connectivity index is 2.08. The van der Waals surface area contributed by atoms with E-state index >= 15 is 0 Å². The molecule has 1 aliphatic rings. The van der Waals surface area contributed by atoms with E-state index in [0.717, 1.165) is 17.7 Å². The number of thioether (sulfide) groups is 2. The Hall–Kier alpha value is -0.120. The van der Waals surface area contributed by atoms with Crippen LogP contribution in [0.15, 0.2) is 24.3 Å². The maximum atomic E-state index is 10.5. The number of hydrogen-bond donors (Lipinski definition) is 1. The van der Waals surface area contributed by atoms with E-state index in [1.165, 1.54) is 5.56 Å². The van der Waals surface area contributed by atoms with Crippen molar-refractivity contribution in [1.82, 2.24) is 0 Å². The van der Waals surface area contributed by atoms with Gasteiger partial charge in [0.2, 0.25) is 0 Å². The molecular formula is C15H22OS2. The molecule has 4 unspecified atom stereocenters. The van der Waals surface area contributed by atoms with Crippen LogP contribution in [-0.2, 0) is 6.42 Å². The Morgan fingerprint density at radius 2 is 2.11 bits per heavy atom. The highest BCUT2D eigenvalue weighted by molar-refractivity contribution is 8.07. The van der Waals surface area contributed by atoms with Gasteiger partial charge in [0.15, 0.2) is 0 Å². The zero-order chi connectivity index (χ0) is 13.1. The Morgan fingerprint density at radius 1 is 1.33 bits per heavy atom. The Morgan fingerprint density at radius 3 is 2.78 bits per heavy atom. The molecule has 1 heterocycles. The Bertz CT molecular complexity index is 394. The fraction of sp³-hybridized carbons (Fsp3) is 0.600. The van der Waals surface area contributed by atoms with Gasteiger partial charge in [-0.3, -0.25) is 0 Å². The second-order valence-electron chi connectivity index (χ2n) is 4.96. The molecule has 4 atom stereocenters. The highest BCUT2D eigenvalue weighted by Gasteiger charge is 2.31. The molecular weight excluding hydrogens is 260 g/mol. The molecule has 1 fully saturated rings. The van der Waals surface area contributed by atoms with Gasteiger partial charge in [-0.05, 0) is 17.5 Å². The minimum absolute atomic E-state index is 0.327.